The summed E-state index contributed by atoms with van der Waals surface area (Å²) >= 11 is 0. The first kappa shape index (κ1) is 18.7. The Kier molecular flexibility index (Phi) is 6.84. The number of aliphatic hydroxyl groups is 1. The number of ether oxygens (including phenoxy) is 2. The summed E-state index contributed by atoms with van der Waals surface area (Å²) < 4.78 is 11.7. The van der Waals surface area contributed by atoms with Gasteiger partial charge in [-0.05, 0) is 26.8 Å². The van der Waals surface area contributed by atoms with Gasteiger partial charge in [-0.1, -0.05) is 45.4 Å². The lowest BCUT2D eigenvalue weighted by Crippen LogP contribution is -2.59. The molecule has 0 unspecified atom stereocenters. The Morgan fingerprint density at radius 1 is 1.09 bits per heavy atom. The van der Waals surface area contributed by atoms with Crippen LogP contribution in [0.3, 0.4) is 0 Å². The molecule has 132 valence electrons. The molecule has 0 aliphatic carbocycles. The van der Waals surface area contributed by atoms with Gasteiger partial charge in [0.1, 0.15) is 18.2 Å². The fourth-order valence-corrected chi connectivity index (χ4v) is 3.68. The number of nitrogens with zero attached hydrogens (tertiary/aromatic N) is 2. The van der Waals surface area contributed by atoms with Crippen LogP contribution >= 0.6 is 0 Å². The average Bonchev–Trinajstić information content (AvgIpc) is 2.82. The third-order valence-corrected chi connectivity index (χ3v) is 4.85. The molecule has 1 N–H and O–H groups in total. The average molecular weight is 324 g/mol. The number of rotatable bonds is 8. The summed E-state index contributed by atoms with van der Waals surface area (Å²) in [6.45, 7) is 7.25. The smallest absolute Gasteiger partial charge is 0.164 e. The number of fused-ring (bicyclic) bond motifs is 1. The van der Waals surface area contributed by atoms with Gasteiger partial charge in [0, 0.05) is 6.54 Å². The minimum absolute atomic E-state index is 0.328. The fourth-order valence-electron chi connectivity index (χ4n) is 3.68. The van der Waals surface area contributed by atoms with Crippen LogP contribution < -0.4 is 0 Å². The second-order valence-corrected chi connectivity index (χ2v) is 7.32. The number of piperidine rings is 1. The summed E-state index contributed by atoms with van der Waals surface area (Å²) in [7, 11) is 0. The Labute approximate surface area is 140 Å². The minimum Gasteiger partial charge on any atom is -0.389 e. The van der Waals surface area contributed by atoms with Crippen molar-refractivity contribution in [1.29, 1.82) is 5.26 Å². The molecule has 0 saturated carbocycles. The van der Waals surface area contributed by atoms with Gasteiger partial charge in [0.2, 0.25) is 0 Å². The highest BCUT2D eigenvalue weighted by Gasteiger charge is 2.53. The van der Waals surface area contributed by atoms with Gasteiger partial charge in [-0.3, -0.25) is 4.90 Å². The molecule has 0 radical (unpaired) electrons. The molecule has 0 aromatic carbocycles. The van der Waals surface area contributed by atoms with E-state index in [2.05, 4.69) is 17.9 Å². The second kappa shape index (κ2) is 8.43. The highest BCUT2D eigenvalue weighted by molar-refractivity contribution is 5.09. The Bertz CT molecular complexity index is 408. The molecular weight excluding hydrogens is 292 g/mol. The maximum Gasteiger partial charge on any atom is 0.164 e. The van der Waals surface area contributed by atoms with E-state index in [0.717, 1.165) is 13.0 Å². The lowest BCUT2D eigenvalue weighted by Gasteiger charge is -2.40. The Hall–Kier alpha value is -0.670. The highest BCUT2D eigenvalue weighted by Crippen LogP contribution is 2.36. The number of nitriles is 1. The molecule has 5 heteroatoms. The number of hydrogen-bond donors (Lipinski definition) is 1. The minimum atomic E-state index is -0.722. The summed E-state index contributed by atoms with van der Waals surface area (Å²) in [5, 5.41) is 19.9. The maximum atomic E-state index is 10.3. The van der Waals surface area contributed by atoms with Crippen LogP contribution in [0.25, 0.3) is 0 Å². The van der Waals surface area contributed by atoms with E-state index in [9.17, 15) is 10.4 Å². The molecule has 2 aliphatic heterocycles. The molecule has 23 heavy (non-hydrogen) atoms. The predicted octanol–water partition coefficient (Wildman–Crippen LogP) is 2.83. The third-order valence-electron chi connectivity index (χ3n) is 4.85. The zero-order chi connectivity index (χ0) is 16.9. The van der Waals surface area contributed by atoms with Crippen LogP contribution in [0.2, 0.25) is 0 Å². The van der Waals surface area contributed by atoms with Crippen molar-refractivity contribution in [2.24, 2.45) is 0 Å². The number of aliphatic hydroxyl groups excluding tert-OH is 1. The molecule has 4 atom stereocenters. The largest absolute Gasteiger partial charge is 0.389 e. The summed E-state index contributed by atoms with van der Waals surface area (Å²) in [6.07, 6.45) is 7.40. The van der Waals surface area contributed by atoms with Gasteiger partial charge >= 0.3 is 0 Å². The standard InChI is InChI=1S/C18H32N2O3/c1-4-5-6-7-8-9-10-11-20-13-15(21)17-16(14(20)12-19)22-18(2,3)23-17/h14-17,21H,4-11,13H2,1-3H3/t14-,15+,16-,17+/m0/s1. The van der Waals surface area contributed by atoms with Gasteiger partial charge < -0.3 is 14.6 Å². The molecule has 0 spiro atoms. The van der Waals surface area contributed by atoms with E-state index in [1.165, 1.54) is 38.5 Å². The van der Waals surface area contributed by atoms with Crippen LogP contribution in [0.15, 0.2) is 0 Å². The molecule has 2 saturated heterocycles. The number of likely N-dealkylation sites (tertiary alicyclic amines) is 1. The van der Waals surface area contributed by atoms with Crippen molar-refractivity contribution < 1.29 is 14.6 Å². The first-order valence-electron chi connectivity index (χ1n) is 9.16. The van der Waals surface area contributed by atoms with Gasteiger partial charge in [-0.25, -0.2) is 0 Å². The molecule has 5 nitrogen and oxygen atoms in total. The fraction of sp³-hybridized carbons (Fsp3) is 0.944. The van der Waals surface area contributed by atoms with E-state index in [1.54, 1.807) is 0 Å². The molecule has 0 bridgehead atoms. The first-order valence-corrected chi connectivity index (χ1v) is 9.16. The van der Waals surface area contributed by atoms with Crippen molar-refractivity contribution >= 4 is 0 Å². The van der Waals surface area contributed by atoms with E-state index in [4.69, 9.17) is 9.47 Å². The van der Waals surface area contributed by atoms with Crippen molar-refractivity contribution in [3.05, 3.63) is 0 Å². The van der Waals surface area contributed by atoms with Crippen molar-refractivity contribution in [2.45, 2.75) is 95.9 Å². The zero-order valence-corrected chi connectivity index (χ0v) is 14.8. The summed E-state index contributed by atoms with van der Waals surface area (Å²) in [5.74, 6) is -0.722. The predicted molar refractivity (Wildman–Crippen MR) is 88.8 cm³/mol. The summed E-state index contributed by atoms with van der Waals surface area (Å²) in [5.41, 5.74) is 0. The zero-order valence-electron chi connectivity index (χ0n) is 14.8. The van der Waals surface area contributed by atoms with Gasteiger partial charge in [-0.2, -0.15) is 5.26 Å². The number of hydrogen-bond acceptors (Lipinski definition) is 5. The second-order valence-electron chi connectivity index (χ2n) is 7.32. The number of β-amino-alcohol motifs (C(OH)–C–C–N with tert-alkyl or cyclic N) is 1. The van der Waals surface area contributed by atoms with Gasteiger partial charge in [0.15, 0.2) is 5.79 Å². The Balaban J connectivity index is 1.79. The van der Waals surface area contributed by atoms with Crippen LogP contribution in [-0.2, 0) is 9.47 Å². The Morgan fingerprint density at radius 3 is 2.35 bits per heavy atom. The molecule has 2 fully saturated rings. The van der Waals surface area contributed by atoms with Crippen LogP contribution in [0.1, 0.15) is 65.7 Å². The van der Waals surface area contributed by atoms with Crippen molar-refractivity contribution in [1.82, 2.24) is 4.90 Å². The van der Waals surface area contributed by atoms with Crippen LogP contribution in [-0.4, -0.2) is 53.2 Å². The van der Waals surface area contributed by atoms with E-state index in [0.29, 0.717) is 6.54 Å². The van der Waals surface area contributed by atoms with E-state index in [-0.39, 0.29) is 18.2 Å². The first-order chi connectivity index (χ1) is 11.0. The van der Waals surface area contributed by atoms with Gasteiger partial charge in [0.05, 0.1) is 12.2 Å². The van der Waals surface area contributed by atoms with Gasteiger partial charge in [0.25, 0.3) is 0 Å². The SMILES string of the molecule is CCCCCCCCCN1C[C@@H](O)[C@H]2OC(C)(C)O[C@H]2[C@@H]1C#N. The quantitative estimate of drug-likeness (QED) is 0.696. The summed E-state index contributed by atoms with van der Waals surface area (Å²) in [6, 6.07) is 2.03. The maximum absolute atomic E-state index is 10.3. The number of unbranched alkanes of at least 4 members (excludes halogenated alkanes) is 6. The summed E-state index contributed by atoms with van der Waals surface area (Å²) in [4.78, 5) is 2.07. The monoisotopic (exact) mass is 324 g/mol. The van der Waals surface area contributed by atoms with Crippen molar-refractivity contribution in [3.63, 3.8) is 0 Å². The molecule has 2 aliphatic rings. The lowest BCUT2D eigenvalue weighted by molar-refractivity contribution is -0.152. The van der Waals surface area contributed by atoms with Crippen molar-refractivity contribution in [3.8, 4) is 6.07 Å². The van der Waals surface area contributed by atoms with Crippen LogP contribution in [0, 0.1) is 11.3 Å². The van der Waals surface area contributed by atoms with E-state index in [1.807, 2.05) is 13.8 Å². The molecular formula is C18H32N2O3. The molecule has 0 aromatic heterocycles. The Morgan fingerprint density at radius 2 is 1.70 bits per heavy atom. The molecule has 2 heterocycles. The highest BCUT2D eigenvalue weighted by atomic mass is 16.8. The molecule has 0 aromatic rings. The van der Waals surface area contributed by atoms with E-state index >= 15 is 0 Å². The van der Waals surface area contributed by atoms with E-state index < -0.39 is 11.9 Å². The van der Waals surface area contributed by atoms with Crippen LogP contribution in [0.5, 0.6) is 0 Å². The normalized spacial score (nSPS) is 33.3. The topological polar surface area (TPSA) is 65.7 Å². The third kappa shape index (κ3) is 4.90. The van der Waals surface area contributed by atoms with Gasteiger partial charge in [-0.15, -0.1) is 0 Å². The van der Waals surface area contributed by atoms with Crippen molar-refractivity contribution in [2.75, 3.05) is 13.1 Å². The molecule has 0 amide bonds. The lowest BCUT2D eigenvalue weighted by atomic mass is 9.94. The van der Waals surface area contributed by atoms with Crippen LogP contribution in [0.4, 0.5) is 0 Å². The molecule has 2 rings (SSSR count).